The van der Waals surface area contributed by atoms with Crippen molar-refractivity contribution in [3.8, 4) is 11.4 Å². The number of rotatable bonds is 4. The second kappa shape index (κ2) is 8.70. The number of H-pyrrole nitrogens is 1. The number of hydrogen-bond donors (Lipinski definition) is 1. The number of thiophene rings is 1. The van der Waals surface area contributed by atoms with E-state index in [0.717, 1.165) is 78.3 Å². The molecular formula is C26H31N5OS. The standard InChI is InChI=1S/C26H31N5OS/c1-17-12-18(2)15-30(14-17)16-19-13-23-24(33-19)26(31-8-10-32-11-9-31)29-25(28-23)21-4-3-5-22-20(21)6-7-27-22/h3-7,13,17-18,27H,8-12,14-16H2,1-2H3. The number of fused-ring (bicyclic) bond motifs is 2. The van der Waals surface area contributed by atoms with E-state index in [1.54, 1.807) is 0 Å². The van der Waals surface area contributed by atoms with Crippen LogP contribution in [-0.4, -0.2) is 59.2 Å². The van der Waals surface area contributed by atoms with Crippen LogP contribution in [0.25, 0.3) is 32.5 Å². The fourth-order valence-corrected chi connectivity index (χ4v) is 6.73. The summed E-state index contributed by atoms with van der Waals surface area (Å²) in [5, 5.41) is 1.16. The number of ether oxygens (including phenoxy) is 1. The second-order valence-electron chi connectivity index (χ2n) is 9.78. The largest absolute Gasteiger partial charge is 0.378 e. The minimum absolute atomic E-state index is 0.746. The average Bonchev–Trinajstić information content (AvgIpc) is 3.44. The van der Waals surface area contributed by atoms with Gasteiger partial charge in [-0.25, -0.2) is 9.97 Å². The number of piperidine rings is 1. The van der Waals surface area contributed by atoms with E-state index in [9.17, 15) is 0 Å². The van der Waals surface area contributed by atoms with Crippen LogP contribution in [0.3, 0.4) is 0 Å². The van der Waals surface area contributed by atoms with Gasteiger partial charge in [0.1, 0.15) is 0 Å². The molecule has 6 nitrogen and oxygen atoms in total. The number of aromatic amines is 1. The molecule has 2 saturated heterocycles. The van der Waals surface area contributed by atoms with Crippen molar-refractivity contribution in [2.75, 3.05) is 44.3 Å². The first-order valence-corrected chi connectivity index (χ1v) is 12.9. The lowest BCUT2D eigenvalue weighted by Crippen LogP contribution is -2.37. The fraction of sp³-hybridized carbons (Fsp3) is 0.462. The van der Waals surface area contributed by atoms with Gasteiger partial charge in [-0.1, -0.05) is 26.0 Å². The summed E-state index contributed by atoms with van der Waals surface area (Å²) in [6, 6.07) is 10.7. The topological polar surface area (TPSA) is 57.3 Å². The Labute approximate surface area is 198 Å². The molecule has 2 aliphatic rings. The summed E-state index contributed by atoms with van der Waals surface area (Å²) < 4.78 is 6.83. The van der Waals surface area contributed by atoms with Crippen molar-refractivity contribution in [1.29, 1.82) is 0 Å². The molecule has 0 bridgehead atoms. The first kappa shape index (κ1) is 21.1. The average molecular weight is 462 g/mol. The molecule has 33 heavy (non-hydrogen) atoms. The third kappa shape index (κ3) is 4.14. The van der Waals surface area contributed by atoms with Crippen LogP contribution < -0.4 is 4.90 Å². The van der Waals surface area contributed by atoms with E-state index in [1.807, 2.05) is 17.5 Å². The van der Waals surface area contributed by atoms with Crippen molar-refractivity contribution in [2.45, 2.75) is 26.8 Å². The van der Waals surface area contributed by atoms with Crippen LogP contribution >= 0.6 is 11.3 Å². The summed E-state index contributed by atoms with van der Waals surface area (Å²) in [7, 11) is 0. The molecule has 0 aliphatic carbocycles. The Bertz CT molecular complexity index is 1260. The van der Waals surface area contributed by atoms with E-state index >= 15 is 0 Å². The molecule has 172 valence electrons. The normalized spacial score (nSPS) is 22.4. The molecular weight excluding hydrogens is 430 g/mol. The molecule has 0 radical (unpaired) electrons. The van der Waals surface area contributed by atoms with Crippen LogP contribution in [-0.2, 0) is 11.3 Å². The molecule has 4 aromatic rings. The molecule has 1 aromatic carbocycles. The monoisotopic (exact) mass is 461 g/mol. The highest BCUT2D eigenvalue weighted by molar-refractivity contribution is 7.19. The number of nitrogens with one attached hydrogen (secondary N) is 1. The lowest BCUT2D eigenvalue weighted by molar-refractivity contribution is 0.122. The third-order valence-corrected chi connectivity index (χ3v) is 7.98. The predicted molar refractivity (Wildman–Crippen MR) is 136 cm³/mol. The third-order valence-electron chi connectivity index (χ3n) is 6.88. The van der Waals surface area contributed by atoms with Gasteiger partial charge in [0.2, 0.25) is 0 Å². The number of morpholine rings is 1. The highest BCUT2D eigenvalue weighted by Gasteiger charge is 2.24. The van der Waals surface area contributed by atoms with Crippen LogP contribution in [0.15, 0.2) is 36.5 Å². The number of hydrogen-bond acceptors (Lipinski definition) is 6. The molecule has 1 N–H and O–H groups in total. The molecule has 5 heterocycles. The van der Waals surface area contributed by atoms with Gasteiger partial charge in [0.25, 0.3) is 0 Å². The van der Waals surface area contributed by atoms with Gasteiger partial charge in [0.05, 0.1) is 23.4 Å². The zero-order valence-electron chi connectivity index (χ0n) is 19.4. The van der Waals surface area contributed by atoms with Crippen LogP contribution in [0, 0.1) is 11.8 Å². The number of nitrogens with zero attached hydrogens (tertiary/aromatic N) is 4. The molecule has 3 aromatic heterocycles. The molecule has 6 rings (SSSR count). The van der Waals surface area contributed by atoms with E-state index < -0.39 is 0 Å². The van der Waals surface area contributed by atoms with E-state index in [1.165, 1.54) is 29.1 Å². The summed E-state index contributed by atoms with van der Waals surface area (Å²) >= 11 is 1.87. The lowest BCUT2D eigenvalue weighted by Gasteiger charge is -2.34. The van der Waals surface area contributed by atoms with E-state index in [-0.39, 0.29) is 0 Å². The van der Waals surface area contributed by atoms with Crippen LogP contribution in [0.4, 0.5) is 5.82 Å². The van der Waals surface area contributed by atoms with Crippen molar-refractivity contribution in [2.24, 2.45) is 11.8 Å². The summed E-state index contributed by atoms with van der Waals surface area (Å²) in [6.07, 6.45) is 3.32. The highest BCUT2D eigenvalue weighted by Crippen LogP contribution is 2.37. The Morgan fingerprint density at radius 3 is 2.73 bits per heavy atom. The van der Waals surface area contributed by atoms with Gasteiger partial charge in [-0.15, -0.1) is 11.3 Å². The Hall–Kier alpha value is -2.48. The minimum Gasteiger partial charge on any atom is -0.378 e. The molecule has 2 atom stereocenters. The maximum atomic E-state index is 5.63. The van der Waals surface area contributed by atoms with Gasteiger partial charge in [-0.2, -0.15) is 0 Å². The van der Waals surface area contributed by atoms with E-state index in [0.29, 0.717) is 0 Å². The SMILES string of the molecule is CC1CC(C)CN(Cc2cc3nc(-c4cccc5[nH]ccc45)nc(N4CCOCC4)c3s2)C1. The van der Waals surface area contributed by atoms with Gasteiger partial charge in [0, 0.05) is 60.3 Å². The van der Waals surface area contributed by atoms with Crippen molar-refractivity contribution < 1.29 is 4.74 Å². The second-order valence-corrected chi connectivity index (χ2v) is 10.9. The summed E-state index contributed by atoms with van der Waals surface area (Å²) in [4.78, 5) is 19.9. The molecule has 0 spiro atoms. The Morgan fingerprint density at radius 2 is 1.91 bits per heavy atom. The molecule has 2 fully saturated rings. The van der Waals surface area contributed by atoms with Gasteiger partial charge < -0.3 is 14.6 Å². The van der Waals surface area contributed by atoms with Crippen LogP contribution in [0.5, 0.6) is 0 Å². The Morgan fingerprint density at radius 1 is 1.09 bits per heavy atom. The maximum absolute atomic E-state index is 5.63. The molecule has 7 heteroatoms. The highest BCUT2D eigenvalue weighted by atomic mass is 32.1. The first-order chi connectivity index (χ1) is 16.1. The number of likely N-dealkylation sites (tertiary alicyclic amines) is 1. The number of aromatic nitrogens is 3. The zero-order chi connectivity index (χ0) is 22.4. The summed E-state index contributed by atoms with van der Waals surface area (Å²) in [6.45, 7) is 11.4. The molecule has 2 unspecified atom stereocenters. The van der Waals surface area contributed by atoms with Crippen LogP contribution in [0.2, 0.25) is 0 Å². The number of anilines is 1. The van der Waals surface area contributed by atoms with Crippen LogP contribution in [0.1, 0.15) is 25.1 Å². The van der Waals surface area contributed by atoms with Gasteiger partial charge in [-0.05, 0) is 36.5 Å². The van der Waals surface area contributed by atoms with Crippen molar-refractivity contribution >= 4 is 38.3 Å². The summed E-state index contributed by atoms with van der Waals surface area (Å²) in [5.41, 5.74) is 3.26. The molecule has 0 saturated carbocycles. The van der Waals surface area contributed by atoms with Crippen molar-refractivity contribution in [3.63, 3.8) is 0 Å². The zero-order valence-corrected chi connectivity index (χ0v) is 20.2. The van der Waals surface area contributed by atoms with E-state index in [4.69, 9.17) is 14.7 Å². The minimum atomic E-state index is 0.746. The first-order valence-electron chi connectivity index (χ1n) is 12.1. The smallest absolute Gasteiger partial charge is 0.162 e. The van der Waals surface area contributed by atoms with Gasteiger partial charge >= 0.3 is 0 Å². The fourth-order valence-electron chi connectivity index (χ4n) is 5.57. The van der Waals surface area contributed by atoms with E-state index in [2.05, 4.69) is 59.0 Å². The van der Waals surface area contributed by atoms with Crippen molar-refractivity contribution in [1.82, 2.24) is 19.9 Å². The quantitative estimate of drug-likeness (QED) is 0.455. The predicted octanol–water partition coefficient (Wildman–Crippen LogP) is 5.15. The number of benzene rings is 1. The lowest BCUT2D eigenvalue weighted by atomic mass is 9.92. The summed E-state index contributed by atoms with van der Waals surface area (Å²) in [5.74, 6) is 3.39. The Balaban J connectivity index is 1.43. The van der Waals surface area contributed by atoms with Crippen molar-refractivity contribution in [3.05, 3.63) is 41.4 Å². The van der Waals surface area contributed by atoms with Gasteiger partial charge in [-0.3, -0.25) is 4.90 Å². The Kier molecular flexibility index (Phi) is 5.56. The molecule has 0 amide bonds. The maximum Gasteiger partial charge on any atom is 0.162 e. The van der Waals surface area contributed by atoms with Gasteiger partial charge in [0.15, 0.2) is 11.6 Å². The molecule has 2 aliphatic heterocycles.